The number of aromatic nitrogens is 1. The van der Waals surface area contributed by atoms with Gasteiger partial charge in [-0.05, 0) is 31.0 Å². The molecule has 0 saturated carbocycles. The van der Waals surface area contributed by atoms with E-state index in [4.69, 9.17) is 0 Å². The van der Waals surface area contributed by atoms with Crippen molar-refractivity contribution < 1.29 is 4.79 Å². The summed E-state index contributed by atoms with van der Waals surface area (Å²) in [5, 5.41) is 5.44. The van der Waals surface area contributed by atoms with Gasteiger partial charge in [0.25, 0.3) is 0 Å². The maximum absolute atomic E-state index is 11.3. The predicted octanol–water partition coefficient (Wildman–Crippen LogP) is 2.31. The molecule has 0 unspecified atom stereocenters. The number of amides is 2. The summed E-state index contributed by atoms with van der Waals surface area (Å²) in [6, 6.07) is 3.53. The number of carbonyl (C=O) groups excluding carboxylic acids is 1. The Morgan fingerprint density at radius 3 is 3.00 bits per heavy atom. The number of urea groups is 1. The Labute approximate surface area is 90.1 Å². The molecule has 1 aromatic heterocycles. The van der Waals surface area contributed by atoms with Crippen LogP contribution in [-0.2, 0) is 0 Å². The highest BCUT2D eigenvalue weighted by atomic mass is 16.2. The van der Waals surface area contributed by atoms with Gasteiger partial charge < -0.3 is 5.32 Å². The number of nitrogens with one attached hydrogen (secondary N) is 2. The lowest BCUT2D eigenvalue weighted by Crippen LogP contribution is -2.29. The number of hydrogen-bond acceptors (Lipinski definition) is 2. The number of aryl methyl sites for hydroxylation is 1. The smallest absolute Gasteiger partial charge is 0.320 e. The lowest BCUT2D eigenvalue weighted by Gasteiger charge is -2.06. The Morgan fingerprint density at radius 2 is 2.33 bits per heavy atom. The van der Waals surface area contributed by atoms with Gasteiger partial charge >= 0.3 is 6.03 Å². The van der Waals surface area contributed by atoms with Crippen molar-refractivity contribution in [2.24, 2.45) is 0 Å². The lowest BCUT2D eigenvalue weighted by molar-refractivity contribution is 0.252. The number of unbranched alkanes of at least 4 members (excludes halogenated alkanes) is 1. The van der Waals surface area contributed by atoms with Gasteiger partial charge in [0.15, 0.2) is 0 Å². The minimum atomic E-state index is -0.193. The summed E-state index contributed by atoms with van der Waals surface area (Å²) >= 11 is 0. The maximum atomic E-state index is 11.3. The second-order valence-corrected chi connectivity index (χ2v) is 3.45. The summed E-state index contributed by atoms with van der Waals surface area (Å²) in [6.07, 6.45) is 3.74. The number of anilines is 1. The number of carbonyl (C=O) groups is 1. The molecule has 1 aromatic rings. The highest BCUT2D eigenvalue weighted by Crippen LogP contribution is 2.04. The fourth-order valence-electron chi connectivity index (χ4n) is 1.14. The second kappa shape index (κ2) is 6.01. The third-order valence-corrected chi connectivity index (χ3v) is 1.97. The molecule has 0 atom stereocenters. The molecule has 0 aliphatic carbocycles. The average molecular weight is 207 g/mol. The molecule has 4 heteroatoms. The standard InChI is InChI=1S/C11H17N3O/c1-3-4-6-13-11(15)14-10-8-9(2)5-7-12-10/h5,7-8H,3-4,6H2,1-2H3,(H2,12,13,14,15). The first-order valence-corrected chi connectivity index (χ1v) is 5.20. The van der Waals surface area contributed by atoms with Gasteiger partial charge in [0, 0.05) is 12.7 Å². The van der Waals surface area contributed by atoms with E-state index >= 15 is 0 Å². The highest BCUT2D eigenvalue weighted by molar-refractivity contribution is 5.88. The molecule has 0 saturated heterocycles. The zero-order valence-electron chi connectivity index (χ0n) is 9.21. The maximum Gasteiger partial charge on any atom is 0.320 e. The van der Waals surface area contributed by atoms with E-state index in [9.17, 15) is 4.79 Å². The second-order valence-electron chi connectivity index (χ2n) is 3.45. The summed E-state index contributed by atoms with van der Waals surface area (Å²) in [5.41, 5.74) is 1.08. The van der Waals surface area contributed by atoms with E-state index in [0.717, 1.165) is 18.4 Å². The van der Waals surface area contributed by atoms with E-state index in [1.54, 1.807) is 6.20 Å². The van der Waals surface area contributed by atoms with E-state index in [2.05, 4.69) is 22.5 Å². The molecule has 0 aromatic carbocycles. The van der Waals surface area contributed by atoms with Crippen molar-refractivity contribution in [1.29, 1.82) is 0 Å². The summed E-state index contributed by atoms with van der Waals surface area (Å²) in [5.74, 6) is 0.587. The molecule has 1 heterocycles. The van der Waals surface area contributed by atoms with Gasteiger partial charge in [-0.15, -0.1) is 0 Å². The largest absolute Gasteiger partial charge is 0.338 e. The van der Waals surface area contributed by atoms with Crippen LogP contribution in [0.3, 0.4) is 0 Å². The van der Waals surface area contributed by atoms with Crippen molar-refractivity contribution in [3.8, 4) is 0 Å². The topological polar surface area (TPSA) is 54.0 Å². The minimum absolute atomic E-state index is 0.193. The first kappa shape index (κ1) is 11.5. The van der Waals surface area contributed by atoms with Crippen LogP contribution in [0.25, 0.3) is 0 Å². The van der Waals surface area contributed by atoms with Gasteiger partial charge in [0.2, 0.25) is 0 Å². The first-order valence-electron chi connectivity index (χ1n) is 5.20. The van der Waals surface area contributed by atoms with Crippen LogP contribution in [0.5, 0.6) is 0 Å². The first-order chi connectivity index (χ1) is 7.22. The summed E-state index contributed by atoms with van der Waals surface area (Å²) in [6.45, 7) is 4.75. The molecule has 82 valence electrons. The number of nitrogens with zero attached hydrogens (tertiary/aromatic N) is 1. The molecular formula is C11H17N3O. The van der Waals surface area contributed by atoms with Gasteiger partial charge in [-0.2, -0.15) is 0 Å². The van der Waals surface area contributed by atoms with Crippen LogP contribution < -0.4 is 10.6 Å². The van der Waals surface area contributed by atoms with Crippen molar-refractivity contribution in [2.45, 2.75) is 26.7 Å². The fraction of sp³-hybridized carbons (Fsp3) is 0.455. The third kappa shape index (κ3) is 4.44. The summed E-state index contributed by atoms with van der Waals surface area (Å²) in [7, 11) is 0. The molecular weight excluding hydrogens is 190 g/mol. The van der Waals surface area contributed by atoms with Crippen LogP contribution in [0.4, 0.5) is 10.6 Å². The van der Waals surface area contributed by atoms with Gasteiger partial charge in [0.1, 0.15) is 5.82 Å². The molecule has 2 amide bonds. The highest BCUT2D eigenvalue weighted by Gasteiger charge is 2.00. The van der Waals surface area contributed by atoms with Crippen LogP contribution >= 0.6 is 0 Å². The zero-order valence-corrected chi connectivity index (χ0v) is 9.21. The lowest BCUT2D eigenvalue weighted by atomic mass is 10.3. The van der Waals surface area contributed by atoms with Gasteiger partial charge in [-0.3, -0.25) is 5.32 Å². The Kier molecular flexibility index (Phi) is 4.60. The SMILES string of the molecule is CCCCNC(=O)Nc1cc(C)ccn1. The number of pyridine rings is 1. The molecule has 0 fully saturated rings. The molecule has 1 rings (SSSR count). The average Bonchev–Trinajstić information content (AvgIpc) is 2.18. The van der Waals surface area contributed by atoms with Crippen molar-refractivity contribution in [1.82, 2.24) is 10.3 Å². The van der Waals surface area contributed by atoms with Gasteiger partial charge in [0.05, 0.1) is 0 Å². The van der Waals surface area contributed by atoms with E-state index < -0.39 is 0 Å². The predicted molar refractivity (Wildman–Crippen MR) is 60.9 cm³/mol. The monoisotopic (exact) mass is 207 g/mol. The normalized spacial score (nSPS) is 9.73. The molecule has 2 N–H and O–H groups in total. The third-order valence-electron chi connectivity index (χ3n) is 1.97. The summed E-state index contributed by atoms with van der Waals surface area (Å²) < 4.78 is 0. The minimum Gasteiger partial charge on any atom is -0.338 e. The Balaban J connectivity index is 2.37. The van der Waals surface area contributed by atoms with E-state index in [1.807, 2.05) is 19.1 Å². The fourth-order valence-corrected chi connectivity index (χ4v) is 1.14. The number of hydrogen-bond donors (Lipinski definition) is 2. The Morgan fingerprint density at radius 1 is 1.53 bits per heavy atom. The zero-order chi connectivity index (χ0) is 11.1. The van der Waals surface area contributed by atoms with E-state index in [-0.39, 0.29) is 6.03 Å². The molecule has 0 aliphatic rings. The molecule has 0 spiro atoms. The summed E-state index contributed by atoms with van der Waals surface area (Å²) in [4.78, 5) is 15.4. The molecule has 0 bridgehead atoms. The Hall–Kier alpha value is -1.58. The van der Waals surface area contributed by atoms with Crippen LogP contribution in [-0.4, -0.2) is 17.6 Å². The molecule has 15 heavy (non-hydrogen) atoms. The Bertz CT molecular complexity index is 325. The van der Waals surface area contributed by atoms with E-state index in [1.165, 1.54) is 0 Å². The van der Waals surface area contributed by atoms with Crippen molar-refractivity contribution in [3.05, 3.63) is 23.9 Å². The van der Waals surface area contributed by atoms with Crippen LogP contribution in [0.15, 0.2) is 18.3 Å². The van der Waals surface area contributed by atoms with Crippen molar-refractivity contribution >= 4 is 11.8 Å². The van der Waals surface area contributed by atoms with Crippen molar-refractivity contribution in [2.75, 3.05) is 11.9 Å². The van der Waals surface area contributed by atoms with E-state index in [0.29, 0.717) is 12.4 Å². The number of rotatable bonds is 4. The molecule has 0 aliphatic heterocycles. The van der Waals surface area contributed by atoms with Crippen LogP contribution in [0.1, 0.15) is 25.3 Å². The van der Waals surface area contributed by atoms with Gasteiger partial charge in [-0.1, -0.05) is 13.3 Å². The van der Waals surface area contributed by atoms with Crippen LogP contribution in [0.2, 0.25) is 0 Å². The van der Waals surface area contributed by atoms with Crippen LogP contribution in [0, 0.1) is 6.92 Å². The van der Waals surface area contributed by atoms with Gasteiger partial charge in [-0.25, -0.2) is 9.78 Å². The molecule has 0 radical (unpaired) electrons. The quantitative estimate of drug-likeness (QED) is 0.744. The van der Waals surface area contributed by atoms with Crippen molar-refractivity contribution in [3.63, 3.8) is 0 Å². The molecule has 4 nitrogen and oxygen atoms in total.